The number of aliphatic hydroxyl groups is 2. The van der Waals surface area contributed by atoms with E-state index < -0.39 is 17.1 Å². The molecular weight excluding hydrogens is 364 g/mol. The number of rotatable bonds is 3. The van der Waals surface area contributed by atoms with Crippen LogP contribution in [0.1, 0.15) is 52.9 Å². The van der Waals surface area contributed by atoms with Crippen LogP contribution in [0.3, 0.4) is 0 Å². The molecule has 0 heterocycles. The van der Waals surface area contributed by atoms with E-state index in [0.29, 0.717) is 12.8 Å². The van der Waals surface area contributed by atoms with Gasteiger partial charge < -0.3 is 10.2 Å². The Labute approximate surface area is 173 Å². The summed E-state index contributed by atoms with van der Waals surface area (Å²) in [6.07, 6.45) is 8.96. The fraction of sp³-hybridized carbons (Fsp3) is 0.640. The maximum absolute atomic E-state index is 13.0. The summed E-state index contributed by atoms with van der Waals surface area (Å²) in [4.78, 5) is 25.0. The van der Waals surface area contributed by atoms with Crippen LogP contribution in [0.4, 0.5) is 0 Å². The van der Waals surface area contributed by atoms with Gasteiger partial charge in [-0.25, -0.2) is 0 Å². The molecule has 4 heteroatoms. The molecule has 0 spiro atoms. The SMILES string of the molecule is C=C=CCC(=O)[C@@]1(O)CC[C@H]2[C@@H]3C[C@H](C)C4=CC(=O)C=C[C@]4(C)[C@H]3[C@@H](O)C[C@@]21C. The summed E-state index contributed by atoms with van der Waals surface area (Å²) in [5.74, 6) is 0.438. The van der Waals surface area contributed by atoms with Crippen LogP contribution >= 0.6 is 0 Å². The smallest absolute Gasteiger partial charge is 0.178 e. The zero-order valence-corrected chi connectivity index (χ0v) is 17.6. The third kappa shape index (κ3) is 2.66. The van der Waals surface area contributed by atoms with Crippen LogP contribution in [0, 0.1) is 34.5 Å². The number of carbonyl (C=O) groups is 2. The second kappa shape index (κ2) is 6.63. The molecule has 8 atom stereocenters. The number of Topliss-reactive ketones (excluding diaryl/α,β-unsaturated/α-hetero) is 1. The highest BCUT2D eigenvalue weighted by Gasteiger charge is 2.68. The standard InChI is InChI=1S/C25H32O4/c1-5-6-7-21(28)25(29)11-9-18-17-12-15(2)19-13-16(26)8-10-23(19,3)22(17)20(27)14-24(18,25)4/h6,8,10,13,15,17-18,20,22,27,29H,1,7,9,11-12,14H2,2-4H3/t15-,17-,18-,20-,22+,23-,24-,25-/m0/s1. The lowest BCUT2D eigenvalue weighted by molar-refractivity contribution is -0.177. The lowest BCUT2D eigenvalue weighted by atomic mass is 9.44. The van der Waals surface area contributed by atoms with Gasteiger partial charge in [0.15, 0.2) is 11.6 Å². The van der Waals surface area contributed by atoms with E-state index in [1.165, 1.54) is 0 Å². The number of hydrogen-bond acceptors (Lipinski definition) is 4. The molecule has 0 amide bonds. The van der Waals surface area contributed by atoms with Crippen molar-refractivity contribution >= 4 is 11.6 Å². The first kappa shape index (κ1) is 20.5. The van der Waals surface area contributed by atoms with Gasteiger partial charge in [-0.1, -0.05) is 39.0 Å². The zero-order valence-electron chi connectivity index (χ0n) is 17.6. The number of carbonyl (C=O) groups excluding carboxylic acids is 2. The number of hydrogen-bond donors (Lipinski definition) is 2. The maximum Gasteiger partial charge on any atom is 0.178 e. The van der Waals surface area contributed by atoms with Crippen LogP contribution in [0.2, 0.25) is 0 Å². The van der Waals surface area contributed by atoms with E-state index in [2.05, 4.69) is 26.2 Å². The summed E-state index contributed by atoms with van der Waals surface area (Å²) in [6.45, 7) is 9.81. The highest BCUT2D eigenvalue weighted by Crippen LogP contribution is 2.67. The van der Waals surface area contributed by atoms with Gasteiger partial charge in [-0.05, 0) is 61.7 Å². The molecule has 2 N–H and O–H groups in total. The van der Waals surface area contributed by atoms with Crippen molar-refractivity contribution in [2.45, 2.75) is 64.6 Å². The lowest BCUT2D eigenvalue weighted by Crippen LogP contribution is -2.62. The minimum Gasteiger partial charge on any atom is -0.393 e. The lowest BCUT2D eigenvalue weighted by Gasteiger charge is -2.60. The molecule has 0 bridgehead atoms. The summed E-state index contributed by atoms with van der Waals surface area (Å²) >= 11 is 0. The Morgan fingerprint density at radius 3 is 2.83 bits per heavy atom. The minimum atomic E-state index is -1.42. The molecule has 3 fully saturated rings. The molecule has 29 heavy (non-hydrogen) atoms. The normalized spacial score (nSPS) is 48.1. The summed E-state index contributed by atoms with van der Waals surface area (Å²) in [6, 6.07) is 0. The molecule has 0 aromatic heterocycles. The number of ketones is 2. The van der Waals surface area contributed by atoms with Gasteiger partial charge in [0.25, 0.3) is 0 Å². The van der Waals surface area contributed by atoms with E-state index >= 15 is 0 Å². The Morgan fingerprint density at radius 2 is 2.14 bits per heavy atom. The molecule has 0 aromatic carbocycles. The van der Waals surface area contributed by atoms with E-state index in [1.807, 2.05) is 13.0 Å². The van der Waals surface area contributed by atoms with E-state index in [-0.39, 0.29) is 47.1 Å². The van der Waals surface area contributed by atoms with Crippen molar-refractivity contribution in [1.29, 1.82) is 0 Å². The minimum absolute atomic E-state index is 0.00195. The summed E-state index contributed by atoms with van der Waals surface area (Å²) in [5, 5.41) is 22.9. The Balaban J connectivity index is 1.74. The average Bonchev–Trinajstić information content (AvgIpc) is 2.93. The van der Waals surface area contributed by atoms with E-state index in [9.17, 15) is 19.8 Å². The molecule has 0 aromatic rings. The van der Waals surface area contributed by atoms with Crippen molar-refractivity contribution in [3.05, 3.63) is 42.2 Å². The van der Waals surface area contributed by atoms with Gasteiger partial charge in [0.05, 0.1) is 6.10 Å². The highest BCUT2D eigenvalue weighted by atomic mass is 16.3. The van der Waals surface area contributed by atoms with E-state index in [1.54, 1.807) is 18.2 Å². The predicted octanol–water partition coefficient (Wildman–Crippen LogP) is 3.54. The number of allylic oxidation sites excluding steroid dienone is 5. The van der Waals surface area contributed by atoms with E-state index in [0.717, 1.165) is 18.4 Å². The molecular formula is C25H32O4. The van der Waals surface area contributed by atoms with Crippen molar-refractivity contribution in [1.82, 2.24) is 0 Å². The Kier molecular flexibility index (Phi) is 4.70. The van der Waals surface area contributed by atoms with E-state index in [4.69, 9.17) is 0 Å². The second-order valence-electron chi connectivity index (χ2n) is 10.2. The Morgan fingerprint density at radius 1 is 1.41 bits per heavy atom. The van der Waals surface area contributed by atoms with Crippen molar-refractivity contribution < 1.29 is 19.8 Å². The molecule has 3 saturated carbocycles. The Hall–Kier alpha value is -1.74. The molecule has 4 aliphatic rings. The van der Waals surface area contributed by atoms with Crippen LogP contribution in [-0.4, -0.2) is 33.5 Å². The molecule has 156 valence electrons. The van der Waals surface area contributed by atoms with Gasteiger partial charge in [-0.2, -0.15) is 0 Å². The first-order valence-electron chi connectivity index (χ1n) is 10.8. The van der Waals surface area contributed by atoms with Gasteiger partial charge in [0.2, 0.25) is 0 Å². The van der Waals surface area contributed by atoms with Crippen LogP contribution in [0.5, 0.6) is 0 Å². The molecule has 0 saturated heterocycles. The summed E-state index contributed by atoms with van der Waals surface area (Å²) in [5.41, 5.74) is 1.32. The highest BCUT2D eigenvalue weighted by molar-refractivity contribution is 6.01. The van der Waals surface area contributed by atoms with Gasteiger partial charge in [-0.15, -0.1) is 5.73 Å². The maximum atomic E-state index is 13.0. The zero-order chi connectivity index (χ0) is 21.2. The van der Waals surface area contributed by atoms with Crippen molar-refractivity contribution in [3.63, 3.8) is 0 Å². The molecule has 4 nitrogen and oxygen atoms in total. The molecule has 0 aliphatic heterocycles. The van der Waals surface area contributed by atoms with Crippen molar-refractivity contribution in [2.24, 2.45) is 34.5 Å². The molecule has 4 aliphatic carbocycles. The number of aliphatic hydroxyl groups excluding tert-OH is 1. The first-order valence-corrected chi connectivity index (χ1v) is 10.8. The third-order valence-corrected chi connectivity index (χ3v) is 8.86. The second-order valence-corrected chi connectivity index (χ2v) is 10.2. The largest absolute Gasteiger partial charge is 0.393 e. The van der Waals surface area contributed by atoms with Gasteiger partial charge >= 0.3 is 0 Å². The number of fused-ring (bicyclic) bond motifs is 5. The monoisotopic (exact) mass is 396 g/mol. The first-order chi connectivity index (χ1) is 13.6. The third-order valence-electron chi connectivity index (χ3n) is 8.86. The topological polar surface area (TPSA) is 74.6 Å². The molecule has 0 unspecified atom stereocenters. The fourth-order valence-corrected chi connectivity index (χ4v) is 7.55. The van der Waals surface area contributed by atoms with Crippen molar-refractivity contribution in [3.8, 4) is 0 Å². The van der Waals surface area contributed by atoms with Crippen LogP contribution in [0.15, 0.2) is 42.2 Å². The van der Waals surface area contributed by atoms with Crippen LogP contribution < -0.4 is 0 Å². The van der Waals surface area contributed by atoms with Gasteiger partial charge in [0.1, 0.15) is 5.60 Å². The molecule has 4 rings (SSSR count). The molecule has 0 radical (unpaired) electrons. The Bertz CT molecular complexity index is 862. The average molecular weight is 397 g/mol. The summed E-state index contributed by atoms with van der Waals surface area (Å²) < 4.78 is 0. The van der Waals surface area contributed by atoms with Gasteiger partial charge in [-0.3, -0.25) is 9.59 Å². The quantitative estimate of drug-likeness (QED) is 0.716. The van der Waals surface area contributed by atoms with Crippen LogP contribution in [-0.2, 0) is 9.59 Å². The predicted molar refractivity (Wildman–Crippen MR) is 111 cm³/mol. The van der Waals surface area contributed by atoms with Crippen LogP contribution in [0.25, 0.3) is 0 Å². The van der Waals surface area contributed by atoms with Gasteiger partial charge in [0, 0.05) is 23.2 Å². The fourth-order valence-electron chi connectivity index (χ4n) is 7.55. The summed E-state index contributed by atoms with van der Waals surface area (Å²) in [7, 11) is 0. The van der Waals surface area contributed by atoms with Crippen molar-refractivity contribution in [2.75, 3.05) is 0 Å².